The smallest absolute Gasteiger partial charge is 0.124 e. The molecule has 3 nitrogen and oxygen atoms in total. The molecule has 0 unspecified atom stereocenters. The Morgan fingerprint density at radius 1 is 0.917 bits per heavy atom. The predicted octanol–water partition coefficient (Wildman–Crippen LogP) is 4.63. The van der Waals surface area contributed by atoms with Crippen LogP contribution in [0.25, 0.3) is 11.0 Å². The van der Waals surface area contributed by atoms with E-state index in [1.165, 1.54) is 49.3 Å². The molecule has 0 saturated carbocycles. The molecule has 1 fully saturated rings. The van der Waals surface area contributed by atoms with E-state index in [0.29, 0.717) is 6.04 Å². The third-order valence-electron chi connectivity index (χ3n) is 5.15. The van der Waals surface area contributed by atoms with E-state index in [9.17, 15) is 0 Å². The molecule has 0 spiro atoms. The average Bonchev–Trinajstić information content (AvgIpc) is 3.00. The molecule has 0 N–H and O–H groups in total. The second-order valence-electron chi connectivity index (χ2n) is 6.81. The van der Waals surface area contributed by atoms with Gasteiger partial charge in [0.15, 0.2) is 0 Å². The zero-order valence-corrected chi connectivity index (χ0v) is 14.4. The van der Waals surface area contributed by atoms with Crippen molar-refractivity contribution in [1.82, 2.24) is 14.5 Å². The standard InChI is InChI=1S/C21H25N3/c1-17(18-10-4-2-5-11-18)24-20-13-7-6-12-19(20)22-21(24)16-23-14-8-3-9-15-23/h2,4-7,10-13,17H,3,8-9,14-16H2,1H3/t17-/m1/s1. The highest BCUT2D eigenvalue weighted by atomic mass is 15.2. The summed E-state index contributed by atoms with van der Waals surface area (Å²) in [5.74, 6) is 1.19. The van der Waals surface area contributed by atoms with E-state index in [1.54, 1.807) is 0 Å². The lowest BCUT2D eigenvalue weighted by Gasteiger charge is -2.27. The van der Waals surface area contributed by atoms with Gasteiger partial charge in [0.05, 0.1) is 23.6 Å². The minimum atomic E-state index is 0.290. The number of para-hydroxylation sites is 2. The van der Waals surface area contributed by atoms with Crippen molar-refractivity contribution in [3.8, 4) is 0 Å². The van der Waals surface area contributed by atoms with E-state index in [-0.39, 0.29) is 0 Å². The molecule has 2 aromatic carbocycles. The number of fused-ring (bicyclic) bond motifs is 1. The third-order valence-corrected chi connectivity index (χ3v) is 5.15. The molecule has 0 bridgehead atoms. The fourth-order valence-corrected chi connectivity index (χ4v) is 3.84. The van der Waals surface area contributed by atoms with Crippen molar-refractivity contribution in [2.24, 2.45) is 0 Å². The first-order chi connectivity index (χ1) is 11.8. The third kappa shape index (κ3) is 2.96. The van der Waals surface area contributed by atoms with Crippen LogP contribution in [0.15, 0.2) is 54.6 Å². The van der Waals surface area contributed by atoms with Crippen molar-refractivity contribution in [3.05, 3.63) is 66.0 Å². The highest BCUT2D eigenvalue weighted by molar-refractivity contribution is 5.76. The van der Waals surface area contributed by atoms with Gasteiger partial charge in [0, 0.05) is 0 Å². The van der Waals surface area contributed by atoms with Gasteiger partial charge >= 0.3 is 0 Å². The van der Waals surface area contributed by atoms with Gasteiger partial charge < -0.3 is 4.57 Å². The van der Waals surface area contributed by atoms with Gasteiger partial charge in [0.25, 0.3) is 0 Å². The number of likely N-dealkylation sites (tertiary alicyclic amines) is 1. The number of hydrogen-bond acceptors (Lipinski definition) is 2. The number of aromatic nitrogens is 2. The summed E-state index contributed by atoms with van der Waals surface area (Å²) in [7, 11) is 0. The second kappa shape index (κ2) is 6.78. The van der Waals surface area contributed by atoms with Crippen molar-refractivity contribution in [2.75, 3.05) is 13.1 Å². The Bertz CT molecular complexity index is 800. The Morgan fingerprint density at radius 2 is 1.62 bits per heavy atom. The van der Waals surface area contributed by atoms with Crippen LogP contribution in [0.2, 0.25) is 0 Å². The van der Waals surface area contributed by atoms with Crippen LogP contribution in [-0.2, 0) is 6.54 Å². The van der Waals surface area contributed by atoms with E-state index in [2.05, 4.69) is 71.0 Å². The number of piperidine rings is 1. The van der Waals surface area contributed by atoms with Gasteiger partial charge in [-0.15, -0.1) is 0 Å². The number of nitrogens with zero attached hydrogens (tertiary/aromatic N) is 3. The largest absolute Gasteiger partial charge is 0.320 e. The van der Waals surface area contributed by atoms with Crippen LogP contribution < -0.4 is 0 Å². The highest BCUT2D eigenvalue weighted by Gasteiger charge is 2.20. The van der Waals surface area contributed by atoms with Crippen LogP contribution >= 0.6 is 0 Å². The van der Waals surface area contributed by atoms with Gasteiger partial charge in [-0.2, -0.15) is 0 Å². The van der Waals surface area contributed by atoms with E-state index < -0.39 is 0 Å². The first-order valence-corrected chi connectivity index (χ1v) is 9.06. The summed E-state index contributed by atoms with van der Waals surface area (Å²) in [5.41, 5.74) is 3.67. The number of rotatable bonds is 4. The van der Waals surface area contributed by atoms with Crippen LogP contribution in [0.4, 0.5) is 0 Å². The molecule has 4 rings (SSSR count). The van der Waals surface area contributed by atoms with Gasteiger partial charge in [-0.05, 0) is 50.6 Å². The Labute approximate surface area is 143 Å². The van der Waals surface area contributed by atoms with Gasteiger partial charge in [0.2, 0.25) is 0 Å². The molecule has 1 atom stereocenters. The molecule has 0 radical (unpaired) electrons. The lowest BCUT2D eigenvalue weighted by molar-refractivity contribution is 0.213. The minimum Gasteiger partial charge on any atom is -0.320 e. The Hall–Kier alpha value is -2.13. The van der Waals surface area contributed by atoms with Crippen LogP contribution in [0.5, 0.6) is 0 Å². The Morgan fingerprint density at radius 3 is 2.42 bits per heavy atom. The fourth-order valence-electron chi connectivity index (χ4n) is 3.84. The first-order valence-electron chi connectivity index (χ1n) is 9.06. The zero-order chi connectivity index (χ0) is 16.4. The molecule has 1 aromatic heterocycles. The van der Waals surface area contributed by atoms with Crippen molar-refractivity contribution >= 4 is 11.0 Å². The van der Waals surface area contributed by atoms with Gasteiger partial charge in [-0.3, -0.25) is 4.90 Å². The summed E-state index contributed by atoms with van der Waals surface area (Å²) < 4.78 is 2.43. The molecule has 0 amide bonds. The molecule has 1 aliphatic rings. The minimum absolute atomic E-state index is 0.290. The quantitative estimate of drug-likeness (QED) is 0.699. The molecule has 1 saturated heterocycles. The number of imidazole rings is 1. The molecule has 124 valence electrons. The molecular weight excluding hydrogens is 294 g/mol. The fraction of sp³-hybridized carbons (Fsp3) is 0.381. The first kappa shape index (κ1) is 15.4. The normalized spacial score (nSPS) is 17.2. The van der Waals surface area contributed by atoms with E-state index in [1.807, 2.05) is 0 Å². The second-order valence-corrected chi connectivity index (χ2v) is 6.81. The molecule has 3 aromatic rings. The van der Waals surface area contributed by atoms with E-state index >= 15 is 0 Å². The van der Waals surface area contributed by atoms with Crippen LogP contribution in [0.1, 0.15) is 43.6 Å². The zero-order valence-electron chi connectivity index (χ0n) is 14.4. The van der Waals surface area contributed by atoms with Gasteiger partial charge in [-0.1, -0.05) is 48.9 Å². The lowest BCUT2D eigenvalue weighted by Crippen LogP contribution is -2.30. The van der Waals surface area contributed by atoms with Crippen molar-refractivity contribution < 1.29 is 0 Å². The van der Waals surface area contributed by atoms with Crippen molar-refractivity contribution in [2.45, 2.75) is 38.8 Å². The van der Waals surface area contributed by atoms with Crippen molar-refractivity contribution in [1.29, 1.82) is 0 Å². The molecule has 0 aliphatic carbocycles. The SMILES string of the molecule is C[C@H](c1ccccc1)n1c(CN2CCCCC2)nc2ccccc21. The molecule has 1 aliphatic heterocycles. The van der Waals surface area contributed by atoms with E-state index in [4.69, 9.17) is 4.98 Å². The number of benzene rings is 2. The molecule has 2 heterocycles. The predicted molar refractivity (Wildman–Crippen MR) is 99.1 cm³/mol. The van der Waals surface area contributed by atoms with E-state index in [0.717, 1.165) is 12.1 Å². The maximum absolute atomic E-state index is 4.97. The summed E-state index contributed by atoms with van der Waals surface area (Å²) in [6.07, 6.45) is 4.00. The monoisotopic (exact) mass is 319 g/mol. The maximum Gasteiger partial charge on any atom is 0.124 e. The Balaban J connectivity index is 1.75. The molecule has 3 heteroatoms. The summed E-state index contributed by atoms with van der Waals surface area (Å²) in [5, 5.41) is 0. The summed E-state index contributed by atoms with van der Waals surface area (Å²) >= 11 is 0. The summed E-state index contributed by atoms with van der Waals surface area (Å²) in [4.78, 5) is 7.53. The highest BCUT2D eigenvalue weighted by Crippen LogP contribution is 2.27. The van der Waals surface area contributed by atoms with Gasteiger partial charge in [0.1, 0.15) is 5.82 Å². The summed E-state index contributed by atoms with van der Waals surface area (Å²) in [6.45, 7) is 5.63. The van der Waals surface area contributed by atoms with Gasteiger partial charge in [-0.25, -0.2) is 4.98 Å². The summed E-state index contributed by atoms with van der Waals surface area (Å²) in [6, 6.07) is 19.6. The number of hydrogen-bond donors (Lipinski definition) is 0. The van der Waals surface area contributed by atoms with Crippen LogP contribution in [0, 0.1) is 0 Å². The molecule has 24 heavy (non-hydrogen) atoms. The lowest BCUT2D eigenvalue weighted by atomic mass is 10.1. The van der Waals surface area contributed by atoms with Crippen LogP contribution in [-0.4, -0.2) is 27.5 Å². The van der Waals surface area contributed by atoms with Crippen molar-refractivity contribution in [3.63, 3.8) is 0 Å². The Kier molecular flexibility index (Phi) is 4.35. The maximum atomic E-state index is 4.97. The van der Waals surface area contributed by atoms with Crippen LogP contribution in [0.3, 0.4) is 0 Å². The topological polar surface area (TPSA) is 21.1 Å². The molecular formula is C21H25N3. The average molecular weight is 319 g/mol.